The van der Waals surface area contributed by atoms with Crippen LogP contribution in [0.5, 0.6) is 0 Å². The van der Waals surface area contributed by atoms with Crippen molar-refractivity contribution < 1.29 is 4.74 Å². The third-order valence-electron chi connectivity index (χ3n) is 4.72. The van der Waals surface area contributed by atoms with Gasteiger partial charge >= 0.3 is 0 Å². The van der Waals surface area contributed by atoms with Crippen molar-refractivity contribution in [2.24, 2.45) is 7.05 Å². The number of anilines is 3. The molecule has 0 amide bonds. The van der Waals surface area contributed by atoms with Crippen LogP contribution in [-0.2, 0) is 11.8 Å². The molecule has 1 aliphatic heterocycles. The molecule has 2 aromatic heterocycles. The second kappa shape index (κ2) is 6.98. The molecule has 1 aromatic carbocycles. The first kappa shape index (κ1) is 18.0. The van der Waals surface area contributed by atoms with E-state index in [4.69, 9.17) is 26.3 Å². The van der Waals surface area contributed by atoms with Crippen LogP contribution in [0, 0.1) is 6.92 Å². The topological polar surface area (TPSA) is 68.1 Å². The summed E-state index contributed by atoms with van der Waals surface area (Å²) in [5.41, 5.74) is 2.80. The molecule has 4 rings (SSSR count). The van der Waals surface area contributed by atoms with E-state index >= 15 is 0 Å². The minimum absolute atomic E-state index is 0.134. The van der Waals surface area contributed by atoms with Crippen LogP contribution in [0.1, 0.15) is 19.4 Å². The molecule has 8 heteroatoms. The van der Waals surface area contributed by atoms with Crippen molar-refractivity contribution >= 4 is 40.1 Å². The Kier molecular flexibility index (Phi) is 4.65. The van der Waals surface area contributed by atoms with Gasteiger partial charge in [0.1, 0.15) is 5.82 Å². The molecule has 1 saturated heterocycles. The van der Waals surface area contributed by atoms with E-state index in [1.165, 1.54) is 0 Å². The first-order chi connectivity index (χ1) is 12.9. The minimum atomic E-state index is 0.134. The Labute approximate surface area is 163 Å². The Morgan fingerprint density at radius 3 is 2.63 bits per heavy atom. The van der Waals surface area contributed by atoms with Gasteiger partial charge in [0.2, 0.25) is 5.95 Å². The van der Waals surface area contributed by atoms with E-state index in [0.29, 0.717) is 11.0 Å². The summed E-state index contributed by atoms with van der Waals surface area (Å²) >= 11 is 6.09. The molecular weight excluding hydrogens is 364 g/mol. The van der Waals surface area contributed by atoms with Gasteiger partial charge in [-0.2, -0.15) is 15.1 Å². The van der Waals surface area contributed by atoms with Crippen LogP contribution in [0.2, 0.25) is 5.02 Å². The summed E-state index contributed by atoms with van der Waals surface area (Å²) in [5, 5.41) is 9.39. The summed E-state index contributed by atoms with van der Waals surface area (Å²) in [6, 6.07) is 5.75. The van der Waals surface area contributed by atoms with E-state index in [9.17, 15) is 0 Å². The van der Waals surface area contributed by atoms with Gasteiger partial charge in [-0.3, -0.25) is 4.68 Å². The molecule has 2 atom stereocenters. The van der Waals surface area contributed by atoms with Gasteiger partial charge in [0.25, 0.3) is 0 Å². The summed E-state index contributed by atoms with van der Waals surface area (Å²) in [4.78, 5) is 11.8. The first-order valence-electron chi connectivity index (χ1n) is 9.04. The minimum Gasteiger partial charge on any atom is -0.372 e. The zero-order chi connectivity index (χ0) is 19.1. The smallest absolute Gasteiger partial charge is 0.229 e. The van der Waals surface area contributed by atoms with Crippen molar-refractivity contribution in [3.63, 3.8) is 0 Å². The van der Waals surface area contributed by atoms with Crippen LogP contribution >= 0.6 is 11.6 Å². The molecule has 0 bridgehead atoms. The SMILES string of the molecule is Cc1cc(Cl)ccc1Nc1nc(N2CC(C)OC(C)C2)nc2c1cnn2C. The molecule has 0 saturated carbocycles. The number of fused-ring (bicyclic) bond motifs is 1. The van der Waals surface area contributed by atoms with Gasteiger partial charge in [-0.1, -0.05) is 11.6 Å². The Hall–Kier alpha value is -2.38. The van der Waals surface area contributed by atoms with Crippen LogP contribution < -0.4 is 10.2 Å². The number of morpholine rings is 1. The maximum Gasteiger partial charge on any atom is 0.229 e. The average molecular weight is 387 g/mol. The van der Waals surface area contributed by atoms with E-state index in [1.807, 2.05) is 32.2 Å². The van der Waals surface area contributed by atoms with Crippen LogP contribution in [0.4, 0.5) is 17.5 Å². The van der Waals surface area contributed by atoms with Crippen molar-refractivity contribution in [2.75, 3.05) is 23.3 Å². The van der Waals surface area contributed by atoms with Crippen molar-refractivity contribution in [3.8, 4) is 0 Å². The fourth-order valence-corrected chi connectivity index (χ4v) is 3.71. The second-order valence-electron chi connectivity index (χ2n) is 7.12. The number of nitrogens with one attached hydrogen (secondary N) is 1. The van der Waals surface area contributed by atoms with Gasteiger partial charge in [0.15, 0.2) is 5.65 Å². The number of aromatic nitrogens is 4. The molecule has 0 spiro atoms. The molecule has 3 aromatic rings. The van der Waals surface area contributed by atoms with Gasteiger partial charge in [-0.15, -0.1) is 0 Å². The number of nitrogens with zero attached hydrogens (tertiary/aromatic N) is 5. The number of aryl methyl sites for hydroxylation is 2. The number of hydrogen-bond acceptors (Lipinski definition) is 6. The lowest BCUT2D eigenvalue weighted by Gasteiger charge is -2.35. The molecule has 7 nitrogen and oxygen atoms in total. The average Bonchev–Trinajstić information content (AvgIpc) is 2.98. The molecule has 2 unspecified atom stereocenters. The first-order valence-corrected chi connectivity index (χ1v) is 9.42. The molecule has 1 fully saturated rings. The number of ether oxygens (including phenoxy) is 1. The molecule has 0 radical (unpaired) electrons. The van der Waals surface area contributed by atoms with Crippen LogP contribution in [0.25, 0.3) is 11.0 Å². The van der Waals surface area contributed by atoms with Gasteiger partial charge in [-0.25, -0.2) is 0 Å². The Morgan fingerprint density at radius 1 is 1.19 bits per heavy atom. The summed E-state index contributed by atoms with van der Waals surface area (Å²) in [6.07, 6.45) is 2.06. The summed E-state index contributed by atoms with van der Waals surface area (Å²) in [5.74, 6) is 1.42. The monoisotopic (exact) mass is 386 g/mol. The van der Waals surface area contributed by atoms with Crippen LogP contribution in [-0.4, -0.2) is 45.0 Å². The molecule has 142 valence electrons. The highest BCUT2D eigenvalue weighted by atomic mass is 35.5. The van der Waals surface area contributed by atoms with E-state index in [0.717, 1.165) is 41.2 Å². The highest BCUT2D eigenvalue weighted by Crippen LogP contribution is 2.29. The number of benzene rings is 1. The van der Waals surface area contributed by atoms with Gasteiger partial charge in [0.05, 0.1) is 23.8 Å². The molecule has 1 aliphatic rings. The molecule has 0 aliphatic carbocycles. The van der Waals surface area contributed by atoms with Gasteiger partial charge in [0, 0.05) is 30.8 Å². The zero-order valence-corrected chi connectivity index (χ0v) is 16.7. The van der Waals surface area contributed by atoms with E-state index in [-0.39, 0.29) is 12.2 Å². The number of hydrogen-bond donors (Lipinski definition) is 1. The normalized spacial score (nSPS) is 20.3. The van der Waals surface area contributed by atoms with Gasteiger partial charge < -0.3 is 15.0 Å². The van der Waals surface area contributed by atoms with Crippen LogP contribution in [0.3, 0.4) is 0 Å². The lowest BCUT2D eigenvalue weighted by molar-refractivity contribution is -0.00569. The van der Waals surface area contributed by atoms with Crippen molar-refractivity contribution in [1.82, 2.24) is 19.7 Å². The maximum absolute atomic E-state index is 6.09. The predicted molar refractivity (Wildman–Crippen MR) is 108 cm³/mol. The highest BCUT2D eigenvalue weighted by Gasteiger charge is 2.25. The summed E-state index contributed by atoms with van der Waals surface area (Å²) in [7, 11) is 1.89. The lowest BCUT2D eigenvalue weighted by Crippen LogP contribution is -2.46. The predicted octanol–water partition coefficient (Wildman–Crippen LogP) is 3.68. The third kappa shape index (κ3) is 3.57. The van der Waals surface area contributed by atoms with Crippen LogP contribution in [0.15, 0.2) is 24.4 Å². The van der Waals surface area contributed by atoms with E-state index in [1.54, 1.807) is 10.9 Å². The van der Waals surface area contributed by atoms with Crippen molar-refractivity contribution in [2.45, 2.75) is 33.0 Å². The maximum atomic E-state index is 6.09. The summed E-state index contributed by atoms with van der Waals surface area (Å²) < 4.78 is 7.62. The summed E-state index contributed by atoms with van der Waals surface area (Å²) in [6.45, 7) is 7.67. The molecule has 1 N–H and O–H groups in total. The Bertz CT molecular complexity index is 978. The second-order valence-corrected chi connectivity index (χ2v) is 7.56. The Balaban J connectivity index is 1.77. The number of rotatable bonds is 3. The fraction of sp³-hybridized carbons (Fsp3) is 0.421. The quantitative estimate of drug-likeness (QED) is 0.740. The largest absolute Gasteiger partial charge is 0.372 e. The molecular formula is C19H23ClN6O. The molecule has 3 heterocycles. The third-order valence-corrected chi connectivity index (χ3v) is 4.96. The van der Waals surface area contributed by atoms with Crippen molar-refractivity contribution in [3.05, 3.63) is 35.0 Å². The fourth-order valence-electron chi connectivity index (χ4n) is 3.48. The van der Waals surface area contributed by atoms with Gasteiger partial charge in [-0.05, 0) is 44.5 Å². The Morgan fingerprint density at radius 2 is 1.93 bits per heavy atom. The molecule has 27 heavy (non-hydrogen) atoms. The highest BCUT2D eigenvalue weighted by molar-refractivity contribution is 6.30. The van der Waals surface area contributed by atoms with E-state index in [2.05, 4.69) is 29.2 Å². The van der Waals surface area contributed by atoms with E-state index < -0.39 is 0 Å². The lowest BCUT2D eigenvalue weighted by atomic mass is 10.2. The standard InChI is InChI=1S/C19H23ClN6O/c1-11-7-14(20)5-6-16(11)22-17-15-8-21-25(4)18(15)24-19(23-17)26-9-12(2)27-13(3)10-26/h5-8,12-13H,9-10H2,1-4H3,(H,22,23,24). The number of halogens is 1. The zero-order valence-electron chi connectivity index (χ0n) is 15.9. The van der Waals surface area contributed by atoms with Crippen molar-refractivity contribution in [1.29, 1.82) is 0 Å².